The zero-order valence-corrected chi connectivity index (χ0v) is 13.2. The molecule has 0 bridgehead atoms. The van der Waals surface area contributed by atoms with E-state index in [1.54, 1.807) is 0 Å². The Bertz CT molecular complexity index is 509. The first kappa shape index (κ1) is 14.9. The van der Waals surface area contributed by atoms with E-state index in [1.807, 2.05) is 12.1 Å². The minimum Gasteiger partial charge on any atom is -0.486 e. The Morgan fingerprint density at radius 1 is 1.33 bits per heavy atom. The molecule has 0 aromatic heterocycles. The van der Waals surface area contributed by atoms with Gasteiger partial charge in [-0.2, -0.15) is 0 Å². The molecular weight excluding hydrogens is 288 g/mol. The van der Waals surface area contributed by atoms with E-state index in [9.17, 15) is 0 Å². The fourth-order valence-electron chi connectivity index (χ4n) is 3.40. The quantitative estimate of drug-likeness (QED) is 0.932. The van der Waals surface area contributed by atoms with Crippen LogP contribution in [0.1, 0.15) is 25.3 Å². The van der Waals surface area contributed by atoms with Crippen LogP contribution in [0.2, 0.25) is 5.02 Å². The van der Waals surface area contributed by atoms with E-state index < -0.39 is 0 Å². The second-order valence-electron chi connectivity index (χ2n) is 5.99. The summed E-state index contributed by atoms with van der Waals surface area (Å²) in [6.07, 6.45) is 2.50. The Kier molecular flexibility index (Phi) is 4.57. The van der Waals surface area contributed by atoms with Crippen LogP contribution < -0.4 is 15.2 Å². The van der Waals surface area contributed by atoms with Crippen molar-refractivity contribution in [3.63, 3.8) is 0 Å². The summed E-state index contributed by atoms with van der Waals surface area (Å²) < 4.78 is 11.2. The molecule has 2 N–H and O–H groups in total. The molecule has 1 aromatic carbocycles. The molecule has 0 radical (unpaired) electrons. The van der Waals surface area contributed by atoms with Crippen molar-refractivity contribution >= 4 is 11.6 Å². The molecule has 1 fully saturated rings. The van der Waals surface area contributed by atoms with Crippen LogP contribution in [-0.4, -0.2) is 37.2 Å². The lowest BCUT2D eigenvalue weighted by Crippen LogP contribution is -2.48. The molecule has 2 atom stereocenters. The predicted molar refractivity (Wildman–Crippen MR) is 84.1 cm³/mol. The standard InChI is InChI=1S/C16H23ClN2O2/c1-11-3-2-4-19(14(11)9-18)10-12-7-13(17)16-15(8-12)20-5-6-21-16/h7-8,11,14H,2-6,9-10,18H2,1H3. The van der Waals surface area contributed by atoms with Crippen molar-refractivity contribution < 1.29 is 9.47 Å². The largest absolute Gasteiger partial charge is 0.486 e. The zero-order valence-electron chi connectivity index (χ0n) is 12.5. The molecule has 0 saturated carbocycles. The molecule has 21 heavy (non-hydrogen) atoms. The smallest absolute Gasteiger partial charge is 0.179 e. The summed E-state index contributed by atoms with van der Waals surface area (Å²) in [6.45, 7) is 6.10. The minimum atomic E-state index is 0.450. The third-order valence-electron chi connectivity index (χ3n) is 4.51. The first-order chi connectivity index (χ1) is 10.2. The molecule has 4 nitrogen and oxygen atoms in total. The predicted octanol–water partition coefficient (Wildman–Crippen LogP) is 2.67. The lowest BCUT2D eigenvalue weighted by molar-refractivity contribution is 0.0987. The van der Waals surface area contributed by atoms with Gasteiger partial charge in [-0.25, -0.2) is 0 Å². The Hall–Kier alpha value is -0.970. The Labute approximate surface area is 131 Å². The number of nitrogens with two attached hydrogens (primary N) is 1. The molecule has 5 heteroatoms. The average molecular weight is 311 g/mol. The molecule has 2 unspecified atom stereocenters. The highest BCUT2D eigenvalue weighted by Gasteiger charge is 2.28. The summed E-state index contributed by atoms with van der Waals surface area (Å²) in [7, 11) is 0. The van der Waals surface area contributed by atoms with Gasteiger partial charge in [0.1, 0.15) is 13.2 Å². The van der Waals surface area contributed by atoms with Gasteiger partial charge < -0.3 is 15.2 Å². The first-order valence-corrected chi connectivity index (χ1v) is 8.09. The van der Waals surface area contributed by atoms with E-state index in [0.29, 0.717) is 42.5 Å². The van der Waals surface area contributed by atoms with Gasteiger partial charge in [0.05, 0.1) is 5.02 Å². The van der Waals surface area contributed by atoms with Gasteiger partial charge in [0.15, 0.2) is 11.5 Å². The van der Waals surface area contributed by atoms with Crippen molar-refractivity contribution in [2.75, 3.05) is 26.3 Å². The van der Waals surface area contributed by atoms with Crippen molar-refractivity contribution in [1.29, 1.82) is 0 Å². The van der Waals surface area contributed by atoms with E-state index in [2.05, 4.69) is 11.8 Å². The highest BCUT2D eigenvalue weighted by molar-refractivity contribution is 6.32. The van der Waals surface area contributed by atoms with Gasteiger partial charge in [-0.15, -0.1) is 0 Å². The molecule has 2 aliphatic heterocycles. The van der Waals surface area contributed by atoms with Crippen LogP contribution in [0.15, 0.2) is 12.1 Å². The maximum Gasteiger partial charge on any atom is 0.179 e. The van der Waals surface area contributed by atoms with E-state index in [4.69, 9.17) is 26.8 Å². The zero-order chi connectivity index (χ0) is 14.8. The number of likely N-dealkylation sites (tertiary alicyclic amines) is 1. The number of nitrogens with zero attached hydrogens (tertiary/aromatic N) is 1. The van der Waals surface area contributed by atoms with Crippen LogP contribution in [0, 0.1) is 5.92 Å². The summed E-state index contributed by atoms with van der Waals surface area (Å²) in [4.78, 5) is 2.47. The molecule has 116 valence electrons. The molecule has 1 saturated heterocycles. The van der Waals surface area contributed by atoms with Gasteiger partial charge in [0.25, 0.3) is 0 Å². The monoisotopic (exact) mass is 310 g/mol. The third-order valence-corrected chi connectivity index (χ3v) is 4.80. The summed E-state index contributed by atoms with van der Waals surface area (Å²) >= 11 is 6.32. The molecule has 3 rings (SSSR count). The van der Waals surface area contributed by atoms with Crippen molar-refractivity contribution in [3.8, 4) is 11.5 Å². The van der Waals surface area contributed by atoms with Crippen LogP contribution in [-0.2, 0) is 6.54 Å². The summed E-state index contributed by atoms with van der Waals surface area (Å²) in [5.74, 6) is 2.09. The number of benzene rings is 1. The van der Waals surface area contributed by atoms with Gasteiger partial charge in [0.2, 0.25) is 0 Å². The van der Waals surface area contributed by atoms with Crippen LogP contribution in [0.5, 0.6) is 11.5 Å². The van der Waals surface area contributed by atoms with Gasteiger partial charge >= 0.3 is 0 Å². The maximum atomic E-state index is 6.32. The SMILES string of the molecule is CC1CCCN(Cc2cc(Cl)c3c(c2)OCCO3)C1CN. The van der Waals surface area contributed by atoms with E-state index in [1.165, 1.54) is 12.8 Å². The maximum absolute atomic E-state index is 6.32. The summed E-state index contributed by atoms with van der Waals surface area (Å²) in [6, 6.07) is 4.49. The Morgan fingerprint density at radius 3 is 2.95 bits per heavy atom. The third kappa shape index (κ3) is 3.12. The molecule has 0 aliphatic carbocycles. The van der Waals surface area contributed by atoms with Gasteiger partial charge in [-0.05, 0) is 43.0 Å². The highest BCUT2D eigenvalue weighted by atomic mass is 35.5. The van der Waals surface area contributed by atoms with Crippen LogP contribution in [0.3, 0.4) is 0 Å². The van der Waals surface area contributed by atoms with E-state index in [0.717, 1.165) is 24.4 Å². The molecule has 0 spiro atoms. The van der Waals surface area contributed by atoms with Crippen molar-refractivity contribution in [2.45, 2.75) is 32.4 Å². The van der Waals surface area contributed by atoms with E-state index >= 15 is 0 Å². The fraction of sp³-hybridized carbons (Fsp3) is 0.625. The van der Waals surface area contributed by atoms with Crippen LogP contribution >= 0.6 is 11.6 Å². The van der Waals surface area contributed by atoms with Gasteiger partial charge in [0, 0.05) is 19.1 Å². The van der Waals surface area contributed by atoms with Crippen LogP contribution in [0.25, 0.3) is 0 Å². The van der Waals surface area contributed by atoms with Crippen molar-refractivity contribution in [1.82, 2.24) is 4.90 Å². The number of rotatable bonds is 3. The van der Waals surface area contributed by atoms with Crippen LogP contribution in [0.4, 0.5) is 0 Å². The second-order valence-corrected chi connectivity index (χ2v) is 6.40. The molecule has 2 aliphatic rings. The average Bonchev–Trinajstić information content (AvgIpc) is 2.47. The number of fused-ring (bicyclic) bond motifs is 1. The number of hydrogen-bond acceptors (Lipinski definition) is 4. The number of ether oxygens (including phenoxy) is 2. The normalized spacial score (nSPS) is 25.9. The van der Waals surface area contributed by atoms with Crippen molar-refractivity contribution in [3.05, 3.63) is 22.7 Å². The second kappa shape index (κ2) is 6.42. The topological polar surface area (TPSA) is 47.7 Å². The molecule has 0 amide bonds. The first-order valence-electron chi connectivity index (χ1n) is 7.71. The molecular formula is C16H23ClN2O2. The van der Waals surface area contributed by atoms with Crippen molar-refractivity contribution in [2.24, 2.45) is 11.7 Å². The summed E-state index contributed by atoms with van der Waals surface area (Å²) in [5.41, 5.74) is 7.13. The molecule has 2 heterocycles. The van der Waals surface area contributed by atoms with E-state index in [-0.39, 0.29) is 0 Å². The summed E-state index contributed by atoms with van der Waals surface area (Å²) in [5, 5.41) is 0.636. The highest BCUT2D eigenvalue weighted by Crippen LogP contribution is 2.39. The minimum absolute atomic E-state index is 0.450. The van der Waals surface area contributed by atoms with Gasteiger partial charge in [-0.1, -0.05) is 18.5 Å². The Balaban J connectivity index is 1.79. The Morgan fingerprint density at radius 2 is 2.14 bits per heavy atom. The lowest BCUT2D eigenvalue weighted by atomic mass is 9.90. The number of hydrogen-bond donors (Lipinski definition) is 1. The number of piperidine rings is 1. The molecule has 1 aromatic rings. The number of halogens is 1. The fourth-order valence-corrected chi connectivity index (χ4v) is 3.69. The lowest BCUT2D eigenvalue weighted by Gasteiger charge is -2.39. The van der Waals surface area contributed by atoms with Gasteiger partial charge in [-0.3, -0.25) is 4.90 Å².